The Morgan fingerprint density at radius 2 is 2.11 bits per heavy atom. The highest BCUT2D eigenvalue weighted by Crippen LogP contribution is 2.28. The van der Waals surface area contributed by atoms with Crippen LogP contribution in [-0.4, -0.2) is 34.8 Å². The van der Waals surface area contributed by atoms with Gasteiger partial charge in [-0.1, -0.05) is 18.5 Å². The van der Waals surface area contributed by atoms with Crippen LogP contribution in [0.15, 0.2) is 0 Å². The maximum absolute atomic E-state index is 11.3. The summed E-state index contributed by atoms with van der Waals surface area (Å²) in [7, 11) is -1.28. The Morgan fingerprint density at radius 3 is 2.56 bits per heavy atom. The fourth-order valence-corrected chi connectivity index (χ4v) is 3.01. The van der Waals surface area contributed by atoms with Gasteiger partial charge in [0.2, 0.25) is 0 Å². The molecule has 1 rings (SSSR count). The highest BCUT2D eigenvalue weighted by molar-refractivity contribution is 7.91. The highest BCUT2D eigenvalue weighted by atomic mass is 35.5. The summed E-state index contributed by atoms with van der Waals surface area (Å²) in [5, 5.41) is 14.5. The number of aliphatic hydroxyl groups is 1. The molecule has 1 N–H and O–H groups in total. The predicted octanol–water partition coefficient (Wildman–Crippen LogP) is 1.63. The van der Waals surface area contributed by atoms with Crippen LogP contribution in [0, 0.1) is 6.92 Å². The Hall–Kier alpha value is -0.590. The number of aromatic nitrogens is 2. The monoisotopic (exact) mass is 294 g/mol. The molecule has 0 saturated carbocycles. The number of aliphatic hydroxyl groups excluding tert-OH is 1. The van der Waals surface area contributed by atoms with E-state index in [1.165, 1.54) is 4.68 Å². The molecular weight excluding hydrogens is 276 g/mol. The van der Waals surface area contributed by atoms with Crippen LogP contribution in [0.2, 0.25) is 5.15 Å². The second-order valence-electron chi connectivity index (χ2n) is 4.31. The first-order valence-corrected chi connectivity index (χ1v) is 8.06. The molecule has 0 aliphatic carbocycles. The number of sulfone groups is 1. The van der Waals surface area contributed by atoms with Gasteiger partial charge in [-0.25, -0.2) is 8.42 Å². The lowest BCUT2D eigenvalue weighted by atomic mass is 10.1. The van der Waals surface area contributed by atoms with Gasteiger partial charge in [0.15, 0.2) is 0 Å². The van der Waals surface area contributed by atoms with Gasteiger partial charge < -0.3 is 5.11 Å². The van der Waals surface area contributed by atoms with E-state index < -0.39 is 15.9 Å². The molecule has 0 aromatic carbocycles. The summed E-state index contributed by atoms with van der Waals surface area (Å²) in [5.74, 6) is 0.229. The summed E-state index contributed by atoms with van der Waals surface area (Å²) in [6.07, 6.45) is 0.0197. The van der Waals surface area contributed by atoms with Crippen LogP contribution in [0.25, 0.3) is 0 Å². The molecule has 0 aliphatic rings. The molecule has 104 valence electrons. The molecule has 0 spiro atoms. The van der Waals surface area contributed by atoms with E-state index in [0.29, 0.717) is 29.3 Å². The molecule has 5 nitrogen and oxygen atoms in total. The first-order valence-electron chi connectivity index (χ1n) is 5.86. The second-order valence-corrected chi connectivity index (χ2v) is 7.14. The molecule has 0 saturated heterocycles. The summed E-state index contributed by atoms with van der Waals surface area (Å²) in [4.78, 5) is 0. The minimum absolute atomic E-state index is 0.0947. The number of aryl methyl sites for hydroxylation is 2. The zero-order chi connectivity index (χ0) is 13.9. The fourth-order valence-electron chi connectivity index (χ4n) is 1.81. The molecule has 1 aromatic rings. The number of nitrogens with zero attached hydrogens (tertiary/aromatic N) is 2. The predicted molar refractivity (Wildman–Crippen MR) is 71.5 cm³/mol. The van der Waals surface area contributed by atoms with E-state index in [-0.39, 0.29) is 11.5 Å². The standard InChI is InChI=1S/C11H19ClN2O3S/c1-4-18(16,17)7-5-6-9(15)10-8(2)13-14(3)11(10)12/h9,15H,4-7H2,1-3H3. The van der Waals surface area contributed by atoms with Crippen molar-refractivity contribution in [3.05, 3.63) is 16.4 Å². The van der Waals surface area contributed by atoms with Crippen LogP contribution in [0.4, 0.5) is 0 Å². The zero-order valence-electron chi connectivity index (χ0n) is 10.9. The Bertz CT molecular complexity index is 511. The van der Waals surface area contributed by atoms with Crippen molar-refractivity contribution in [2.45, 2.75) is 32.8 Å². The van der Waals surface area contributed by atoms with Gasteiger partial charge in [-0.15, -0.1) is 0 Å². The third-order valence-corrected chi connectivity index (χ3v) is 5.14. The van der Waals surface area contributed by atoms with Crippen LogP contribution in [0.3, 0.4) is 0 Å². The average Bonchev–Trinajstić information content (AvgIpc) is 2.53. The van der Waals surface area contributed by atoms with Crippen molar-refractivity contribution in [1.82, 2.24) is 9.78 Å². The van der Waals surface area contributed by atoms with Crippen molar-refractivity contribution in [2.24, 2.45) is 7.05 Å². The van der Waals surface area contributed by atoms with Gasteiger partial charge in [0.1, 0.15) is 15.0 Å². The molecule has 0 aliphatic heterocycles. The normalized spacial score (nSPS) is 13.8. The molecule has 1 atom stereocenters. The molecular formula is C11H19ClN2O3S. The van der Waals surface area contributed by atoms with Crippen molar-refractivity contribution >= 4 is 21.4 Å². The van der Waals surface area contributed by atoms with Crippen LogP contribution in [0.1, 0.15) is 37.1 Å². The molecule has 0 amide bonds. The topological polar surface area (TPSA) is 72.2 Å². The Morgan fingerprint density at radius 1 is 1.50 bits per heavy atom. The third-order valence-electron chi connectivity index (χ3n) is 2.90. The van der Waals surface area contributed by atoms with Crippen molar-refractivity contribution < 1.29 is 13.5 Å². The Labute approximate surface area is 113 Å². The molecule has 0 bridgehead atoms. The third kappa shape index (κ3) is 3.70. The molecule has 18 heavy (non-hydrogen) atoms. The SMILES string of the molecule is CCS(=O)(=O)CCCC(O)c1c(C)nn(C)c1Cl. The van der Waals surface area contributed by atoms with Gasteiger partial charge in [0.25, 0.3) is 0 Å². The van der Waals surface area contributed by atoms with Gasteiger partial charge >= 0.3 is 0 Å². The first kappa shape index (κ1) is 15.5. The largest absolute Gasteiger partial charge is 0.388 e. The highest BCUT2D eigenvalue weighted by Gasteiger charge is 2.19. The maximum Gasteiger partial charge on any atom is 0.150 e. The summed E-state index contributed by atoms with van der Waals surface area (Å²) < 4.78 is 24.2. The number of halogens is 1. The molecule has 1 heterocycles. The van der Waals surface area contributed by atoms with Gasteiger partial charge in [-0.3, -0.25) is 4.68 Å². The van der Waals surface area contributed by atoms with Crippen LogP contribution in [0.5, 0.6) is 0 Å². The minimum atomic E-state index is -2.98. The van der Waals surface area contributed by atoms with Crippen LogP contribution < -0.4 is 0 Å². The second kappa shape index (κ2) is 6.04. The van der Waals surface area contributed by atoms with E-state index in [1.807, 2.05) is 0 Å². The molecule has 7 heteroatoms. The van der Waals surface area contributed by atoms with E-state index in [2.05, 4.69) is 5.10 Å². The minimum Gasteiger partial charge on any atom is -0.388 e. The smallest absolute Gasteiger partial charge is 0.150 e. The summed E-state index contributed by atoms with van der Waals surface area (Å²) in [5.41, 5.74) is 1.27. The Kier molecular flexibility index (Phi) is 5.19. The van der Waals surface area contributed by atoms with E-state index in [4.69, 9.17) is 11.6 Å². The zero-order valence-corrected chi connectivity index (χ0v) is 12.4. The summed E-state index contributed by atoms with van der Waals surface area (Å²) in [6, 6.07) is 0. The summed E-state index contributed by atoms with van der Waals surface area (Å²) >= 11 is 6.03. The van der Waals surface area contributed by atoms with Crippen molar-refractivity contribution in [3.8, 4) is 0 Å². The van der Waals surface area contributed by atoms with Gasteiger partial charge in [-0.2, -0.15) is 5.10 Å². The molecule has 0 fully saturated rings. The molecule has 1 aromatic heterocycles. The van der Waals surface area contributed by atoms with Gasteiger partial charge in [0.05, 0.1) is 17.6 Å². The average molecular weight is 295 g/mol. The lowest BCUT2D eigenvalue weighted by Gasteiger charge is -2.10. The molecule has 0 radical (unpaired) electrons. The Balaban J connectivity index is 2.64. The van der Waals surface area contributed by atoms with Crippen LogP contribution in [-0.2, 0) is 16.9 Å². The van der Waals surface area contributed by atoms with Crippen LogP contribution >= 0.6 is 11.6 Å². The first-order chi connectivity index (χ1) is 8.28. The number of rotatable bonds is 6. The van der Waals surface area contributed by atoms with Gasteiger partial charge in [0, 0.05) is 18.4 Å². The van der Waals surface area contributed by atoms with Crippen molar-refractivity contribution in [1.29, 1.82) is 0 Å². The quantitative estimate of drug-likeness (QED) is 0.865. The fraction of sp³-hybridized carbons (Fsp3) is 0.727. The molecule has 1 unspecified atom stereocenters. The van der Waals surface area contributed by atoms with Crippen molar-refractivity contribution in [3.63, 3.8) is 0 Å². The lowest BCUT2D eigenvalue weighted by molar-refractivity contribution is 0.166. The summed E-state index contributed by atoms with van der Waals surface area (Å²) in [6.45, 7) is 3.39. The van der Waals surface area contributed by atoms with E-state index in [9.17, 15) is 13.5 Å². The van der Waals surface area contributed by atoms with Gasteiger partial charge in [-0.05, 0) is 19.8 Å². The van der Waals surface area contributed by atoms with E-state index in [0.717, 1.165) is 0 Å². The maximum atomic E-state index is 11.3. The van der Waals surface area contributed by atoms with Crippen molar-refractivity contribution in [2.75, 3.05) is 11.5 Å². The number of hydrogen-bond donors (Lipinski definition) is 1. The lowest BCUT2D eigenvalue weighted by Crippen LogP contribution is -2.10. The van der Waals surface area contributed by atoms with E-state index >= 15 is 0 Å². The number of hydrogen-bond acceptors (Lipinski definition) is 4. The van der Waals surface area contributed by atoms with E-state index in [1.54, 1.807) is 20.9 Å².